The van der Waals surface area contributed by atoms with Crippen molar-refractivity contribution in [3.05, 3.63) is 0 Å². The Bertz CT molecular complexity index is 236. The van der Waals surface area contributed by atoms with Gasteiger partial charge in [0.15, 0.2) is 0 Å². The van der Waals surface area contributed by atoms with Gasteiger partial charge in [-0.15, -0.1) is 0 Å². The van der Waals surface area contributed by atoms with Crippen LogP contribution in [-0.4, -0.2) is 60.6 Å². The van der Waals surface area contributed by atoms with E-state index in [-0.39, 0.29) is 0 Å². The van der Waals surface area contributed by atoms with Crippen molar-refractivity contribution < 1.29 is 0 Å². The second kappa shape index (κ2) is 5.68. The van der Waals surface area contributed by atoms with Crippen LogP contribution < -0.4 is 5.32 Å². The standard InChI is InChI=1S/C14H29N3/c1-4-17-10-9-16(11-13(17)2)12-14(3)7-5-6-8-15-14/h13,15H,4-12H2,1-3H3. The molecule has 2 atom stereocenters. The van der Waals surface area contributed by atoms with E-state index in [2.05, 4.69) is 35.9 Å². The molecule has 1 N–H and O–H groups in total. The van der Waals surface area contributed by atoms with E-state index in [0.717, 1.165) is 6.04 Å². The summed E-state index contributed by atoms with van der Waals surface area (Å²) < 4.78 is 0. The molecule has 2 saturated heterocycles. The van der Waals surface area contributed by atoms with Gasteiger partial charge in [-0.2, -0.15) is 0 Å². The number of rotatable bonds is 3. The molecule has 2 rings (SSSR count). The summed E-state index contributed by atoms with van der Waals surface area (Å²) in [6.45, 7) is 14.4. The Morgan fingerprint density at radius 3 is 2.71 bits per heavy atom. The molecule has 0 saturated carbocycles. The Labute approximate surface area is 107 Å². The first-order valence-corrected chi connectivity index (χ1v) is 7.34. The van der Waals surface area contributed by atoms with Gasteiger partial charge in [0, 0.05) is 37.8 Å². The highest BCUT2D eigenvalue weighted by Crippen LogP contribution is 2.21. The normalized spacial score (nSPS) is 37.2. The number of nitrogens with one attached hydrogen (secondary N) is 1. The Balaban J connectivity index is 1.83. The lowest BCUT2D eigenvalue weighted by molar-refractivity contribution is 0.0625. The second-order valence-electron chi connectivity index (χ2n) is 6.16. The highest BCUT2D eigenvalue weighted by atomic mass is 15.3. The van der Waals surface area contributed by atoms with Crippen molar-refractivity contribution in [2.75, 3.05) is 39.3 Å². The predicted octanol–water partition coefficient (Wildman–Crippen LogP) is 1.54. The van der Waals surface area contributed by atoms with Gasteiger partial charge in [-0.1, -0.05) is 13.3 Å². The summed E-state index contributed by atoms with van der Waals surface area (Å²) in [4.78, 5) is 5.25. The lowest BCUT2D eigenvalue weighted by Gasteiger charge is -2.44. The SMILES string of the molecule is CCN1CCN(CC2(C)CCCCN2)CC1C. The van der Waals surface area contributed by atoms with Crippen LogP contribution in [0.1, 0.15) is 40.0 Å². The monoisotopic (exact) mass is 239 g/mol. The molecule has 0 aromatic rings. The fourth-order valence-corrected chi connectivity index (χ4v) is 3.43. The fraction of sp³-hybridized carbons (Fsp3) is 1.00. The van der Waals surface area contributed by atoms with Gasteiger partial charge in [-0.3, -0.25) is 9.80 Å². The number of likely N-dealkylation sites (N-methyl/N-ethyl adjacent to an activating group) is 1. The summed E-state index contributed by atoms with van der Waals surface area (Å²) in [5.41, 5.74) is 0.367. The topological polar surface area (TPSA) is 18.5 Å². The summed E-state index contributed by atoms with van der Waals surface area (Å²) >= 11 is 0. The third kappa shape index (κ3) is 3.43. The highest BCUT2D eigenvalue weighted by Gasteiger charge is 2.31. The van der Waals surface area contributed by atoms with Crippen molar-refractivity contribution in [2.45, 2.75) is 51.6 Å². The first-order valence-electron chi connectivity index (χ1n) is 7.34. The van der Waals surface area contributed by atoms with E-state index < -0.39 is 0 Å². The van der Waals surface area contributed by atoms with E-state index in [0.29, 0.717) is 5.54 Å². The minimum absolute atomic E-state index is 0.367. The minimum atomic E-state index is 0.367. The molecule has 0 aliphatic carbocycles. The van der Waals surface area contributed by atoms with E-state index in [4.69, 9.17) is 0 Å². The number of piperidine rings is 1. The molecule has 2 fully saturated rings. The van der Waals surface area contributed by atoms with Gasteiger partial charge in [-0.25, -0.2) is 0 Å². The summed E-state index contributed by atoms with van der Waals surface area (Å²) in [5.74, 6) is 0. The molecular formula is C14H29N3. The van der Waals surface area contributed by atoms with Gasteiger partial charge in [0.2, 0.25) is 0 Å². The molecule has 0 aromatic heterocycles. The molecule has 2 aliphatic rings. The molecule has 0 spiro atoms. The summed E-state index contributed by atoms with van der Waals surface area (Å²) in [6, 6.07) is 0.723. The molecule has 17 heavy (non-hydrogen) atoms. The molecule has 0 aromatic carbocycles. The molecule has 3 nitrogen and oxygen atoms in total. The lowest BCUT2D eigenvalue weighted by Crippen LogP contribution is -2.59. The third-order valence-corrected chi connectivity index (χ3v) is 4.54. The van der Waals surface area contributed by atoms with Crippen molar-refractivity contribution in [3.63, 3.8) is 0 Å². The number of hydrogen-bond donors (Lipinski definition) is 1. The third-order valence-electron chi connectivity index (χ3n) is 4.54. The smallest absolute Gasteiger partial charge is 0.0280 e. The summed E-state index contributed by atoms with van der Waals surface area (Å²) in [5, 5.41) is 3.73. The summed E-state index contributed by atoms with van der Waals surface area (Å²) in [6.07, 6.45) is 4.10. The van der Waals surface area contributed by atoms with Crippen molar-refractivity contribution in [3.8, 4) is 0 Å². The Morgan fingerprint density at radius 1 is 1.29 bits per heavy atom. The maximum Gasteiger partial charge on any atom is 0.0280 e. The van der Waals surface area contributed by atoms with Gasteiger partial charge in [0.1, 0.15) is 0 Å². The second-order valence-corrected chi connectivity index (χ2v) is 6.16. The molecular weight excluding hydrogens is 210 g/mol. The van der Waals surface area contributed by atoms with Crippen molar-refractivity contribution in [2.24, 2.45) is 0 Å². The Hall–Kier alpha value is -0.120. The zero-order valence-corrected chi connectivity index (χ0v) is 11.8. The van der Waals surface area contributed by atoms with Gasteiger partial charge >= 0.3 is 0 Å². The molecule has 100 valence electrons. The van der Waals surface area contributed by atoms with E-state index in [1.165, 1.54) is 58.5 Å². The van der Waals surface area contributed by atoms with Crippen molar-refractivity contribution in [1.29, 1.82) is 0 Å². The number of nitrogens with zero attached hydrogens (tertiary/aromatic N) is 2. The van der Waals surface area contributed by atoms with E-state index >= 15 is 0 Å². The molecule has 0 bridgehead atoms. The van der Waals surface area contributed by atoms with Gasteiger partial charge < -0.3 is 5.32 Å². The van der Waals surface area contributed by atoms with Crippen LogP contribution in [0.25, 0.3) is 0 Å². The van der Waals surface area contributed by atoms with Crippen LogP contribution in [0.15, 0.2) is 0 Å². The fourth-order valence-electron chi connectivity index (χ4n) is 3.43. The molecule has 0 amide bonds. The van der Waals surface area contributed by atoms with Crippen LogP contribution >= 0.6 is 0 Å². The zero-order chi connectivity index (χ0) is 12.3. The van der Waals surface area contributed by atoms with Crippen LogP contribution in [0.2, 0.25) is 0 Å². The molecule has 2 aliphatic heterocycles. The van der Waals surface area contributed by atoms with Gasteiger partial charge in [0.25, 0.3) is 0 Å². The average molecular weight is 239 g/mol. The molecule has 3 heteroatoms. The van der Waals surface area contributed by atoms with Gasteiger partial charge in [-0.05, 0) is 39.8 Å². The minimum Gasteiger partial charge on any atom is -0.310 e. The first-order chi connectivity index (χ1) is 8.13. The summed E-state index contributed by atoms with van der Waals surface area (Å²) in [7, 11) is 0. The maximum atomic E-state index is 3.73. The predicted molar refractivity (Wildman–Crippen MR) is 73.4 cm³/mol. The van der Waals surface area contributed by atoms with Gasteiger partial charge in [0.05, 0.1) is 0 Å². The first kappa shape index (κ1) is 13.3. The van der Waals surface area contributed by atoms with Crippen LogP contribution in [0.3, 0.4) is 0 Å². The maximum absolute atomic E-state index is 3.73. The van der Waals surface area contributed by atoms with Crippen LogP contribution in [0.5, 0.6) is 0 Å². The van der Waals surface area contributed by atoms with E-state index in [1.54, 1.807) is 0 Å². The zero-order valence-electron chi connectivity index (χ0n) is 11.8. The number of piperazine rings is 1. The molecule has 0 radical (unpaired) electrons. The molecule has 2 heterocycles. The van der Waals surface area contributed by atoms with Crippen molar-refractivity contribution in [1.82, 2.24) is 15.1 Å². The quantitative estimate of drug-likeness (QED) is 0.806. The largest absolute Gasteiger partial charge is 0.310 e. The van der Waals surface area contributed by atoms with Crippen LogP contribution in [0.4, 0.5) is 0 Å². The van der Waals surface area contributed by atoms with Crippen LogP contribution in [0, 0.1) is 0 Å². The lowest BCUT2D eigenvalue weighted by atomic mass is 9.90. The van der Waals surface area contributed by atoms with Crippen molar-refractivity contribution >= 4 is 0 Å². The Morgan fingerprint density at radius 2 is 2.12 bits per heavy atom. The number of hydrogen-bond acceptors (Lipinski definition) is 3. The Kier molecular flexibility index (Phi) is 4.45. The molecule has 2 unspecified atom stereocenters. The van der Waals surface area contributed by atoms with E-state index in [1.807, 2.05) is 0 Å². The van der Waals surface area contributed by atoms with Crippen LogP contribution in [-0.2, 0) is 0 Å². The average Bonchev–Trinajstić information content (AvgIpc) is 2.29. The highest BCUT2D eigenvalue weighted by molar-refractivity contribution is 4.91. The van der Waals surface area contributed by atoms with E-state index in [9.17, 15) is 0 Å².